The summed E-state index contributed by atoms with van der Waals surface area (Å²) < 4.78 is 20.8. The van der Waals surface area contributed by atoms with Crippen molar-refractivity contribution in [3.05, 3.63) is 17.2 Å². The highest BCUT2D eigenvalue weighted by Gasteiger charge is 2.09. The number of nitrogens with one attached hydrogen (secondary N) is 1. The van der Waals surface area contributed by atoms with Gasteiger partial charge in [0.25, 0.3) is 0 Å². The molecule has 0 fully saturated rings. The molecule has 114 valence electrons. The smallest absolute Gasteiger partial charge is 0.143 e. The van der Waals surface area contributed by atoms with E-state index in [-0.39, 0.29) is 0 Å². The van der Waals surface area contributed by atoms with Crippen molar-refractivity contribution >= 4 is 17.3 Å². The van der Waals surface area contributed by atoms with Gasteiger partial charge >= 0.3 is 0 Å². The molecule has 1 aromatic carbocycles. The molecule has 0 radical (unpaired) electrons. The number of methoxy groups -OCH3 is 3. The molecule has 1 N–H and O–H groups in total. The van der Waals surface area contributed by atoms with Gasteiger partial charge in [0, 0.05) is 32.4 Å². The van der Waals surface area contributed by atoms with E-state index in [4.69, 9.17) is 30.5 Å². The summed E-state index contributed by atoms with van der Waals surface area (Å²) in [4.78, 5) is 0. The molecule has 0 aliphatic rings. The first-order chi connectivity index (χ1) is 9.72. The summed E-state index contributed by atoms with van der Waals surface area (Å²) in [7, 11) is 4.85. The molecule has 0 bridgehead atoms. The summed E-state index contributed by atoms with van der Waals surface area (Å²) in [6.07, 6.45) is 0.887. The van der Waals surface area contributed by atoms with Crippen LogP contribution in [0.15, 0.2) is 12.1 Å². The van der Waals surface area contributed by atoms with Crippen LogP contribution in [-0.4, -0.2) is 47.7 Å². The lowest BCUT2D eigenvalue weighted by molar-refractivity contribution is 0.0705. The van der Waals surface area contributed by atoms with Gasteiger partial charge in [0.15, 0.2) is 0 Å². The Kier molecular flexibility index (Phi) is 8.18. The SMILES string of the molecule is COCCOCCCNc1cc(OC)c(Cl)cc1OC. The molecular formula is C14H22ClNO4. The van der Waals surface area contributed by atoms with Gasteiger partial charge in [-0.25, -0.2) is 0 Å². The second kappa shape index (κ2) is 9.69. The van der Waals surface area contributed by atoms with Crippen molar-refractivity contribution < 1.29 is 18.9 Å². The van der Waals surface area contributed by atoms with Gasteiger partial charge in [0.1, 0.15) is 11.5 Å². The molecule has 0 amide bonds. The first-order valence-corrected chi connectivity index (χ1v) is 6.82. The fourth-order valence-electron chi connectivity index (χ4n) is 1.64. The number of hydrogen-bond acceptors (Lipinski definition) is 5. The van der Waals surface area contributed by atoms with E-state index in [1.54, 1.807) is 27.4 Å². The van der Waals surface area contributed by atoms with E-state index in [9.17, 15) is 0 Å². The molecule has 20 heavy (non-hydrogen) atoms. The fourth-order valence-corrected chi connectivity index (χ4v) is 1.87. The van der Waals surface area contributed by atoms with Crippen LogP contribution in [0.1, 0.15) is 6.42 Å². The van der Waals surface area contributed by atoms with E-state index in [0.29, 0.717) is 36.3 Å². The zero-order valence-electron chi connectivity index (χ0n) is 12.2. The molecule has 0 spiro atoms. The van der Waals surface area contributed by atoms with Crippen LogP contribution in [0.5, 0.6) is 11.5 Å². The second-order valence-corrected chi connectivity index (χ2v) is 4.48. The number of benzene rings is 1. The summed E-state index contributed by atoms with van der Waals surface area (Å²) in [5, 5.41) is 3.81. The van der Waals surface area contributed by atoms with Gasteiger partial charge in [-0.1, -0.05) is 11.6 Å². The lowest BCUT2D eigenvalue weighted by atomic mass is 10.2. The minimum absolute atomic E-state index is 0.526. The minimum atomic E-state index is 0.526. The number of anilines is 1. The van der Waals surface area contributed by atoms with E-state index in [2.05, 4.69) is 5.32 Å². The maximum absolute atomic E-state index is 6.05. The topological polar surface area (TPSA) is 49.0 Å². The van der Waals surface area contributed by atoms with Crippen LogP contribution < -0.4 is 14.8 Å². The van der Waals surface area contributed by atoms with Crippen LogP contribution >= 0.6 is 11.6 Å². The highest BCUT2D eigenvalue weighted by atomic mass is 35.5. The molecule has 0 heterocycles. The van der Waals surface area contributed by atoms with Crippen LogP contribution in [0.2, 0.25) is 5.02 Å². The Balaban J connectivity index is 2.42. The van der Waals surface area contributed by atoms with Gasteiger partial charge in [-0.15, -0.1) is 0 Å². The molecule has 6 heteroatoms. The Morgan fingerprint density at radius 2 is 1.75 bits per heavy atom. The molecule has 0 aromatic heterocycles. The van der Waals surface area contributed by atoms with Crippen molar-refractivity contribution in [3.63, 3.8) is 0 Å². The molecule has 0 saturated heterocycles. The van der Waals surface area contributed by atoms with Crippen LogP contribution in [0.4, 0.5) is 5.69 Å². The molecule has 1 rings (SSSR count). The Labute approximate surface area is 125 Å². The second-order valence-electron chi connectivity index (χ2n) is 4.07. The molecule has 0 aliphatic carbocycles. The predicted octanol–water partition coefficient (Wildman–Crippen LogP) is 2.82. The van der Waals surface area contributed by atoms with Crippen molar-refractivity contribution in [2.24, 2.45) is 0 Å². The maximum atomic E-state index is 6.05. The summed E-state index contributed by atoms with van der Waals surface area (Å²) in [6, 6.07) is 3.56. The molecular weight excluding hydrogens is 282 g/mol. The number of hydrogen-bond donors (Lipinski definition) is 1. The van der Waals surface area contributed by atoms with Crippen molar-refractivity contribution in [2.75, 3.05) is 53.0 Å². The first kappa shape index (κ1) is 16.9. The van der Waals surface area contributed by atoms with Crippen LogP contribution in [0.3, 0.4) is 0 Å². The Morgan fingerprint density at radius 1 is 1.00 bits per heavy atom. The standard InChI is InChI=1S/C14H22ClNO4/c1-17-7-8-20-6-4-5-16-12-10-13(18-2)11(15)9-14(12)19-3/h9-10,16H,4-8H2,1-3H3. The third-order valence-electron chi connectivity index (χ3n) is 2.69. The number of ether oxygens (including phenoxy) is 4. The molecule has 0 unspecified atom stereocenters. The summed E-state index contributed by atoms with van der Waals surface area (Å²) in [5.41, 5.74) is 0.852. The van der Waals surface area contributed by atoms with E-state index in [1.165, 1.54) is 0 Å². The lowest BCUT2D eigenvalue weighted by Crippen LogP contribution is -2.09. The van der Waals surface area contributed by atoms with Gasteiger partial charge in [-0.05, 0) is 6.42 Å². The number of halogens is 1. The van der Waals surface area contributed by atoms with E-state index >= 15 is 0 Å². The summed E-state index contributed by atoms with van der Waals surface area (Å²) in [6.45, 7) is 2.70. The maximum Gasteiger partial charge on any atom is 0.143 e. The zero-order valence-corrected chi connectivity index (χ0v) is 13.0. The monoisotopic (exact) mass is 303 g/mol. The average molecular weight is 304 g/mol. The van der Waals surface area contributed by atoms with Crippen molar-refractivity contribution in [2.45, 2.75) is 6.42 Å². The quantitative estimate of drug-likeness (QED) is 0.674. The Morgan fingerprint density at radius 3 is 2.40 bits per heavy atom. The van der Waals surface area contributed by atoms with Gasteiger partial charge in [0.05, 0.1) is 38.1 Å². The normalized spacial score (nSPS) is 10.4. The molecule has 5 nitrogen and oxygen atoms in total. The highest BCUT2D eigenvalue weighted by molar-refractivity contribution is 6.32. The van der Waals surface area contributed by atoms with E-state index in [0.717, 1.165) is 18.7 Å². The zero-order chi connectivity index (χ0) is 14.8. The van der Waals surface area contributed by atoms with Gasteiger partial charge in [-0.2, -0.15) is 0 Å². The van der Waals surface area contributed by atoms with Gasteiger partial charge in [0.2, 0.25) is 0 Å². The van der Waals surface area contributed by atoms with Crippen LogP contribution in [0, 0.1) is 0 Å². The average Bonchev–Trinajstić information content (AvgIpc) is 2.47. The first-order valence-electron chi connectivity index (χ1n) is 6.45. The fraction of sp³-hybridized carbons (Fsp3) is 0.571. The van der Waals surface area contributed by atoms with Crippen molar-refractivity contribution in [1.82, 2.24) is 0 Å². The van der Waals surface area contributed by atoms with Crippen LogP contribution in [0.25, 0.3) is 0 Å². The van der Waals surface area contributed by atoms with E-state index in [1.807, 2.05) is 6.07 Å². The van der Waals surface area contributed by atoms with Gasteiger partial charge in [-0.3, -0.25) is 0 Å². The lowest BCUT2D eigenvalue weighted by Gasteiger charge is -2.14. The molecule has 0 aliphatic heterocycles. The third-order valence-corrected chi connectivity index (χ3v) is 2.98. The predicted molar refractivity (Wildman–Crippen MR) is 80.4 cm³/mol. The Bertz CT molecular complexity index is 401. The molecule has 1 aromatic rings. The molecule has 0 saturated carbocycles. The highest BCUT2D eigenvalue weighted by Crippen LogP contribution is 2.35. The summed E-state index contributed by atoms with van der Waals surface area (Å²) in [5.74, 6) is 1.31. The Hall–Kier alpha value is -1.17. The largest absolute Gasteiger partial charge is 0.495 e. The molecule has 0 atom stereocenters. The van der Waals surface area contributed by atoms with Crippen LogP contribution in [-0.2, 0) is 9.47 Å². The minimum Gasteiger partial charge on any atom is -0.495 e. The van der Waals surface area contributed by atoms with Crippen molar-refractivity contribution in [1.29, 1.82) is 0 Å². The van der Waals surface area contributed by atoms with Gasteiger partial charge < -0.3 is 24.3 Å². The third kappa shape index (κ3) is 5.45. The van der Waals surface area contributed by atoms with E-state index < -0.39 is 0 Å². The summed E-state index contributed by atoms with van der Waals surface area (Å²) >= 11 is 6.05. The number of rotatable bonds is 10. The van der Waals surface area contributed by atoms with Crippen molar-refractivity contribution in [3.8, 4) is 11.5 Å².